The Balaban J connectivity index is 2.11. The van der Waals surface area contributed by atoms with Gasteiger partial charge in [0.15, 0.2) is 0 Å². The number of hydrogen-bond donors (Lipinski definition) is 0. The molecule has 0 aromatic heterocycles. The number of alkyl halides is 1. The summed E-state index contributed by atoms with van der Waals surface area (Å²) in [5.41, 5.74) is 2.66. The highest BCUT2D eigenvalue weighted by atomic mass is 79.9. The zero-order chi connectivity index (χ0) is 12.6. The molecule has 2 rings (SSSR count). The normalized spacial score (nSPS) is 10.5. The molecule has 0 aliphatic rings. The summed E-state index contributed by atoms with van der Waals surface area (Å²) >= 11 is 5.44. The largest absolute Gasteiger partial charge is 0.126 e. The lowest BCUT2D eigenvalue weighted by molar-refractivity contribution is 0.913. The fourth-order valence-electron chi connectivity index (χ4n) is 1.83. The van der Waals surface area contributed by atoms with Crippen molar-refractivity contribution in [2.75, 3.05) is 11.1 Å². The van der Waals surface area contributed by atoms with Crippen molar-refractivity contribution < 1.29 is 0 Å². The minimum atomic E-state index is 1.11. The van der Waals surface area contributed by atoms with Crippen LogP contribution < -0.4 is 0 Å². The monoisotopic (exact) mass is 320 g/mol. The van der Waals surface area contributed by atoms with Gasteiger partial charge < -0.3 is 0 Å². The fraction of sp³-hybridized carbons (Fsp3) is 0.250. The van der Waals surface area contributed by atoms with Gasteiger partial charge in [0.1, 0.15) is 0 Å². The van der Waals surface area contributed by atoms with Crippen molar-refractivity contribution in [3.8, 4) is 11.1 Å². The lowest BCUT2D eigenvalue weighted by Gasteiger charge is -2.09. The average Bonchev–Trinajstić information content (AvgIpc) is 2.45. The van der Waals surface area contributed by atoms with Gasteiger partial charge in [0.05, 0.1) is 0 Å². The van der Waals surface area contributed by atoms with E-state index in [1.54, 1.807) is 0 Å². The number of hydrogen-bond acceptors (Lipinski definition) is 1. The Hall–Kier alpha value is -0.730. The first kappa shape index (κ1) is 13.7. The third kappa shape index (κ3) is 3.89. The summed E-state index contributed by atoms with van der Waals surface area (Å²) in [6, 6.07) is 19.3. The van der Waals surface area contributed by atoms with Crippen LogP contribution in [0.2, 0.25) is 0 Å². The Morgan fingerprint density at radius 3 is 2.33 bits per heavy atom. The van der Waals surface area contributed by atoms with E-state index in [1.807, 2.05) is 11.8 Å². The fourth-order valence-corrected chi connectivity index (χ4v) is 3.31. The van der Waals surface area contributed by atoms with Gasteiger partial charge in [0.2, 0.25) is 0 Å². The van der Waals surface area contributed by atoms with E-state index >= 15 is 0 Å². The highest BCUT2D eigenvalue weighted by Gasteiger charge is 2.04. The molecule has 18 heavy (non-hydrogen) atoms. The van der Waals surface area contributed by atoms with E-state index in [1.165, 1.54) is 34.6 Å². The smallest absolute Gasteiger partial charge is 0.0150 e. The highest BCUT2D eigenvalue weighted by molar-refractivity contribution is 9.09. The molecule has 0 radical (unpaired) electrons. The molecule has 0 unspecified atom stereocenters. The van der Waals surface area contributed by atoms with Crippen molar-refractivity contribution in [3.63, 3.8) is 0 Å². The van der Waals surface area contributed by atoms with Crippen LogP contribution in [0.3, 0.4) is 0 Å². The van der Waals surface area contributed by atoms with E-state index in [4.69, 9.17) is 0 Å². The molecule has 0 heterocycles. The van der Waals surface area contributed by atoms with Gasteiger partial charge >= 0.3 is 0 Å². The summed E-state index contributed by atoms with van der Waals surface area (Å²) in [4.78, 5) is 1.39. The molecule has 0 saturated heterocycles. The van der Waals surface area contributed by atoms with Crippen molar-refractivity contribution in [2.24, 2.45) is 0 Å². The molecule has 2 heteroatoms. The van der Waals surface area contributed by atoms with Crippen LogP contribution >= 0.6 is 27.7 Å². The van der Waals surface area contributed by atoms with Crippen molar-refractivity contribution in [2.45, 2.75) is 17.7 Å². The Kier molecular flexibility index (Phi) is 5.82. The molecular weight excluding hydrogens is 304 g/mol. The summed E-state index contributed by atoms with van der Waals surface area (Å²) in [6.07, 6.45) is 2.51. The number of rotatable bonds is 6. The van der Waals surface area contributed by atoms with E-state index in [-0.39, 0.29) is 0 Å². The van der Waals surface area contributed by atoms with Gasteiger partial charge in [-0.2, -0.15) is 0 Å². The molecule has 0 saturated carbocycles. The quantitative estimate of drug-likeness (QED) is 0.378. The van der Waals surface area contributed by atoms with Gasteiger partial charge in [-0.3, -0.25) is 0 Å². The third-order valence-electron chi connectivity index (χ3n) is 2.76. The van der Waals surface area contributed by atoms with E-state index in [0.29, 0.717) is 0 Å². The summed E-state index contributed by atoms with van der Waals surface area (Å²) in [7, 11) is 0. The molecule has 0 atom stereocenters. The van der Waals surface area contributed by atoms with E-state index in [0.717, 1.165) is 5.33 Å². The van der Waals surface area contributed by atoms with E-state index < -0.39 is 0 Å². The number of benzene rings is 2. The molecular formula is C16H17BrS. The molecule has 0 N–H and O–H groups in total. The Morgan fingerprint density at radius 2 is 1.56 bits per heavy atom. The van der Waals surface area contributed by atoms with Crippen LogP contribution in [-0.4, -0.2) is 11.1 Å². The molecule has 0 spiro atoms. The molecule has 0 nitrogen and oxygen atoms in total. The van der Waals surface area contributed by atoms with Crippen LogP contribution in [0.1, 0.15) is 12.8 Å². The highest BCUT2D eigenvalue weighted by Crippen LogP contribution is 2.31. The second kappa shape index (κ2) is 7.65. The standard InChI is InChI=1S/C16H17BrS/c17-12-6-7-13-18-16-11-5-4-10-15(16)14-8-2-1-3-9-14/h1-5,8-11H,6-7,12-13H2. The van der Waals surface area contributed by atoms with Crippen molar-refractivity contribution >= 4 is 27.7 Å². The number of unbranched alkanes of at least 4 members (excludes halogenated alkanes) is 1. The minimum Gasteiger partial charge on any atom is -0.126 e. The van der Waals surface area contributed by atoms with Crippen molar-refractivity contribution in [1.82, 2.24) is 0 Å². The van der Waals surface area contributed by atoms with E-state index in [9.17, 15) is 0 Å². The number of thioether (sulfide) groups is 1. The Labute approximate surface area is 122 Å². The zero-order valence-corrected chi connectivity index (χ0v) is 12.7. The summed E-state index contributed by atoms with van der Waals surface area (Å²) in [5.74, 6) is 1.19. The van der Waals surface area contributed by atoms with Gasteiger partial charge in [-0.1, -0.05) is 64.5 Å². The first-order chi connectivity index (χ1) is 8.92. The maximum absolute atomic E-state index is 3.48. The van der Waals surface area contributed by atoms with Crippen LogP contribution in [0.15, 0.2) is 59.5 Å². The molecule has 0 bridgehead atoms. The van der Waals surface area contributed by atoms with Crippen molar-refractivity contribution in [3.05, 3.63) is 54.6 Å². The molecule has 0 aliphatic carbocycles. The zero-order valence-electron chi connectivity index (χ0n) is 10.3. The van der Waals surface area contributed by atoms with Gasteiger partial charge in [0.25, 0.3) is 0 Å². The Morgan fingerprint density at radius 1 is 0.833 bits per heavy atom. The molecule has 0 aliphatic heterocycles. The maximum Gasteiger partial charge on any atom is 0.0150 e. The lowest BCUT2D eigenvalue weighted by atomic mass is 10.1. The maximum atomic E-state index is 3.48. The Bertz CT molecular complexity index is 468. The van der Waals surface area contributed by atoms with Crippen LogP contribution in [0.25, 0.3) is 11.1 Å². The lowest BCUT2D eigenvalue weighted by Crippen LogP contribution is -1.85. The summed E-state index contributed by atoms with van der Waals surface area (Å²) < 4.78 is 0. The van der Waals surface area contributed by atoms with Gasteiger partial charge in [0, 0.05) is 10.2 Å². The molecule has 94 valence electrons. The first-order valence-corrected chi connectivity index (χ1v) is 8.36. The molecule has 0 fully saturated rings. The number of halogens is 1. The summed E-state index contributed by atoms with van der Waals surface area (Å²) in [6.45, 7) is 0. The van der Waals surface area contributed by atoms with Gasteiger partial charge in [-0.15, -0.1) is 11.8 Å². The molecule has 2 aromatic carbocycles. The van der Waals surface area contributed by atoms with Crippen LogP contribution in [0.4, 0.5) is 0 Å². The van der Waals surface area contributed by atoms with E-state index in [2.05, 4.69) is 70.5 Å². The average molecular weight is 321 g/mol. The van der Waals surface area contributed by atoms with Crippen LogP contribution in [0.5, 0.6) is 0 Å². The predicted molar refractivity (Wildman–Crippen MR) is 85.6 cm³/mol. The molecule has 2 aromatic rings. The second-order valence-corrected chi connectivity index (χ2v) is 6.04. The van der Waals surface area contributed by atoms with Gasteiger partial charge in [-0.25, -0.2) is 0 Å². The van der Waals surface area contributed by atoms with Crippen LogP contribution in [0, 0.1) is 0 Å². The second-order valence-electron chi connectivity index (χ2n) is 4.11. The molecule has 0 amide bonds. The first-order valence-electron chi connectivity index (χ1n) is 6.25. The van der Waals surface area contributed by atoms with Crippen molar-refractivity contribution in [1.29, 1.82) is 0 Å². The van der Waals surface area contributed by atoms with Gasteiger partial charge in [-0.05, 0) is 35.8 Å². The predicted octanol–water partition coefficient (Wildman–Crippen LogP) is 5.62. The summed E-state index contributed by atoms with van der Waals surface area (Å²) in [5, 5.41) is 1.11. The van der Waals surface area contributed by atoms with Crippen LogP contribution in [-0.2, 0) is 0 Å². The third-order valence-corrected chi connectivity index (χ3v) is 4.48. The minimum absolute atomic E-state index is 1.11. The SMILES string of the molecule is BrCCCCSc1ccccc1-c1ccccc1. The topological polar surface area (TPSA) is 0 Å².